The van der Waals surface area contributed by atoms with Crippen LogP contribution in [-0.4, -0.2) is 22.8 Å². The first kappa shape index (κ1) is 21.0. The molecule has 1 aliphatic rings. The van der Waals surface area contributed by atoms with Gasteiger partial charge in [0, 0.05) is 12.3 Å². The Balaban J connectivity index is 1.68. The molecular weight excluding hydrogens is 434 g/mol. The zero-order valence-corrected chi connectivity index (χ0v) is 18.6. The zero-order chi connectivity index (χ0) is 22.1. The van der Waals surface area contributed by atoms with Crippen molar-refractivity contribution in [3.63, 3.8) is 0 Å². The van der Waals surface area contributed by atoms with Gasteiger partial charge in [0.2, 0.25) is 11.8 Å². The molecule has 1 aliphatic heterocycles. The Morgan fingerprint density at radius 2 is 1.84 bits per heavy atom. The van der Waals surface area contributed by atoms with E-state index in [4.69, 9.17) is 16.3 Å². The third-order valence-corrected chi connectivity index (χ3v) is 5.86. The van der Waals surface area contributed by atoms with Crippen LogP contribution in [0.5, 0.6) is 0 Å². The number of carbonyl (C=O) groups is 2. The summed E-state index contributed by atoms with van der Waals surface area (Å²) < 4.78 is 5.28. The summed E-state index contributed by atoms with van der Waals surface area (Å²) in [5.41, 5.74) is 3.92. The van der Waals surface area contributed by atoms with E-state index in [0.717, 1.165) is 16.8 Å². The van der Waals surface area contributed by atoms with Gasteiger partial charge in [0.05, 0.1) is 22.0 Å². The van der Waals surface area contributed by atoms with Crippen molar-refractivity contribution in [2.45, 2.75) is 20.8 Å². The van der Waals surface area contributed by atoms with Gasteiger partial charge in [-0.15, -0.1) is 11.3 Å². The molecule has 1 amide bonds. The average molecular weight is 452 g/mol. The Hall–Kier alpha value is -3.29. The second-order valence-corrected chi connectivity index (χ2v) is 8.21. The molecule has 2 aromatic carbocycles. The van der Waals surface area contributed by atoms with Gasteiger partial charge in [0.15, 0.2) is 10.8 Å². The first-order valence-corrected chi connectivity index (χ1v) is 10.7. The smallest absolute Gasteiger partial charge is 0.363 e. The van der Waals surface area contributed by atoms with Crippen molar-refractivity contribution in [2.75, 3.05) is 4.90 Å². The largest absolute Gasteiger partial charge is 0.402 e. The summed E-state index contributed by atoms with van der Waals surface area (Å²) in [6.07, 6.45) is 1.54. The van der Waals surface area contributed by atoms with Crippen LogP contribution < -0.4 is 4.90 Å². The molecule has 0 saturated carbocycles. The van der Waals surface area contributed by atoms with Gasteiger partial charge < -0.3 is 4.74 Å². The molecule has 0 unspecified atom stereocenters. The fourth-order valence-corrected chi connectivity index (χ4v) is 4.34. The number of rotatable bonds is 4. The molecule has 1 aromatic heterocycles. The molecule has 0 atom stereocenters. The molecule has 6 nitrogen and oxygen atoms in total. The van der Waals surface area contributed by atoms with E-state index in [-0.39, 0.29) is 17.5 Å². The predicted octanol–water partition coefficient (Wildman–Crippen LogP) is 5.44. The van der Waals surface area contributed by atoms with Crippen LogP contribution >= 0.6 is 22.9 Å². The summed E-state index contributed by atoms with van der Waals surface area (Å²) in [7, 11) is 0. The minimum Gasteiger partial charge on any atom is -0.402 e. The third-order valence-electron chi connectivity index (χ3n) is 4.69. The number of esters is 1. The lowest BCUT2D eigenvalue weighted by atomic mass is 10.1. The highest BCUT2D eigenvalue weighted by atomic mass is 35.5. The van der Waals surface area contributed by atoms with Crippen molar-refractivity contribution in [3.8, 4) is 0 Å². The zero-order valence-electron chi connectivity index (χ0n) is 17.0. The van der Waals surface area contributed by atoms with E-state index in [9.17, 15) is 9.59 Å². The van der Waals surface area contributed by atoms with Crippen molar-refractivity contribution < 1.29 is 14.3 Å². The molecule has 0 bridgehead atoms. The number of benzene rings is 2. The number of nitrogens with zero attached hydrogens (tertiary/aromatic N) is 3. The molecule has 0 aliphatic carbocycles. The lowest BCUT2D eigenvalue weighted by Crippen LogP contribution is -2.24. The third kappa shape index (κ3) is 4.15. The summed E-state index contributed by atoms with van der Waals surface area (Å²) >= 11 is 7.48. The maximum atomic E-state index is 12.5. The maximum Gasteiger partial charge on any atom is 0.363 e. The first-order chi connectivity index (χ1) is 14.8. The second-order valence-electron chi connectivity index (χ2n) is 6.97. The van der Waals surface area contributed by atoms with E-state index in [0.29, 0.717) is 21.4 Å². The van der Waals surface area contributed by atoms with E-state index in [1.54, 1.807) is 34.5 Å². The molecule has 156 valence electrons. The molecule has 0 spiro atoms. The highest BCUT2D eigenvalue weighted by Gasteiger charge is 2.26. The number of carbonyl (C=O) groups excluding carboxylic acids is 2. The van der Waals surface area contributed by atoms with Crippen LogP contribution in [0.1, 0.15) is 29.3 Å². The highest BCUT2D eigenvalue weighted by molar-refractivity contribution is 7.14. The van der Waals surface area contributed by atoms with E-state index in [2.05, 4.69) is 9.98 Å². The predicted molar refractivity (Wildman–Crippen MR) is 123 cm³/mol. The fourth-order valence-electron chi connectivity index (χ4n) is 3.29. The number of thiazole rings is 1. The average Bonchev–Trinajstić information content (AvgIpc) is 3.32. The van der Waals surface area contributed by atoms with Crippen molar-refractivity contribution in [1.82, 2.24) is 4.98 Å². The quantitative estimate of drug-likeness (QED) is 0.391. The van der Waals surface area contributed by atoms with Crippen molar-refractivity contribution in [1.29, 1.82) is 0 Å². The van der Waals surface area contributed by atoms with Gasteiger partial charge in [-0.2, -0.15) is 0 Å². The lowest BCUT2D eigenvalue weighted by Gasteiger charge is -2.22. The molecule has 4 rings (SSSR count). The van der Waals surface area contributed by atoms with Gasteiger partial charge in [0.25, 0.3) is 0 Å². The van der Waals surface area contributed by atoms with Gasteiger partial charge in [-0.1, -0.05) is 41.9 Å². The Bertz CT molecular complexity index is 1240. The van der Waals surface area contributed by atoms with Gasteiger partial charge in [-0.25, -0.2) is 14.8 Å². The minimum absolute atomic E-state index is 0.119. The van der Waals surface area contributed by atoms with Crippen LogP contribution in [0.15, 0.2) is 58.5 Å². The Morgan fingerprint density at radius 1 is 1.13 bits per heavy atom. The number of para-hydroxylation sites is 1. The van der Waals surface area contributed by atoms with Gasteiger partial charge in [-0.05, 0) is 43.2 Å². The molecule has 0 fully saturated rings. The summed E-state index contributed by atoms with van der Waals surface area (Å²) in [6.45, 7) is 5.41. The van der Waals surface area contributed by atoms with Crippen LogP contribution in [0.4, 0.5) is 10.8 Å². The van der Waals surface area contributed by atoms with Gasteiger partial charge >= 0.3 is 5.97 Å². The van der Waals surface area contributed by atoms with Crippen molar-refractivity contribution in [2.24, 2.45) is 4.99 Å². The molecule has 0 N–H and O–H groups in total. The highest BCUT2D eigenvalue weighted by Crippen LogP contribution is 2.34. The Morgan fingerprint density at radius 3 is 2.52 bits per heavy atom. The summed E-state index contributed by atoms with van der Waals surface area (Å²) in [5.74, 6) is -0.578. The molecule has 3 aromatic rings. The SMILES string of the molecule is CC(=O)N(c1nc(/C=C2/N=C(c3ccccc3Cl)OC2=O)cs1)c1c(C)cccc1C. The normalized spacial score (nSPS) is 14.5. The maximum absolute atomic E-state index is 12.5. The Kier molecular flexibility index (Phi) is 5.71. The van der Waals surface area contributed by atoms with Crippen molar-refractivity contribution >= 4 is 57.6 Å². The van der Waals surface area contributed by atoms with E-state index in [1.165, 1.54) is 24.3 Å². The number of halogens is 1. The van der Waals surface area contributed by atoms with Crippen molar-refractivity contribution in [3.05, 3.63) is 80.9 Å². The number of cyclic esters (lactones) is 1. The number of hydrogen-bond acceptors (Lipinski definition) is 6. The number of aliphatic imine (C=N–C) groups is 1. The molecular formula is C23H18ClN3O3S. The van der Waals surface area contributed by atoms with E-state index < -0.39 is 5.97 Å². The number of ether oxygens (including phenoxy) is 1. The van der Waals surface area contributed by atoms with Crippen LogP contribution in [0, 0.1) is 13.8 Å². The van der Waals surface area contributed by atoms with Gasteiger partial charge in [-0.3, -0.25) is 9.69 Å². The number of anilines is 2. The number of aryl methyl sites for hydroxylation is 2. The summed E-state index contributed by atoms with van der Waals surface area (Å²) in [6, 6.07) is 12.9. The molecule has 2 heterocycles. The molecule has 31 heavy (non-hydrogen) atoms. The standard InChI is InChI=1S/C23H18ClN3O3S/c1-13-7-6-8-14(2)20(13)27(15(3)28)23-25-16(12-31-23)11-19-22(29)30-21(26-19)17-9-4-5-10-18(17)24/h4-12H,1-3H3/b19-11+. The van der Waals surface area contributed by atoms with Crippen LogP contribution in [0.3, 0.4) is 0 Å². The molecule has 0 saturated heterocycles. The van der Waals surface area contributed by atoms with Crippen LogP contribution in [0.2, 0.25) is 5.02 Å². The molecule has 0 radical (unpaired) electrons. The monoisotopic (exact) mass is 451 g/mol. The number of aromatic nitrogens is 1. The number of hydrogen-bond donors (Lipinski definition) is 0. The fraction of sp³-hybridized carbons (Fsp3) is 0.130. The summed E-state index contributed by atoms with van der Waals surface area (Å²) in [4.78, 5) is 35.2. The second kappa shape index (κ2) is 8.45. The molecule has 8 heteroatoms. The number of amides is 1. The minimum atomic E-state index is -0.581. The lowest BCUT2D eigenvalue weighted by molar-refractivity contribution is -0.130. The first-order valence-electron chi connectivity index (χ1n) is 9.45. The van der Waals surface area contributed by atoms with Crippen LogP contribution in [0.25, 0.3) is 6.08 Å². The van der Waals surface area contributed by atoms with E-state index in [1.807, 2.05) is 32.0 Å². The Labute approximate surface area is 188 Å². The van der Waals surface area contributed by atoms with E-state index >= 15 is 0 Å². The summed E-state index contributed by atoms with van der Waals surface area (Å²) in [5, 5.41) is 2.72. The van der Waals surface area contributed by atoms with Crippen LogP contribution in [-0.2, 0) is 14.3 Å². The van der Waals surface area contributed by atoms with Gasteiger partial charge in [0.1, 0.15) is 0 Å². The topological polar surface area (TPSA) is 71.9 Å².